The molecule has 1 fully saturated rings. The van der Waals surface area contributed by atoms with Crippen molar-refractivity contribution >= 4 is 33.4 Å². The maximum absolute atomic E-state index is 12.8. The summed E-state index contributed by atoms with van der Waals surface area (Å²) in [6, 6.07) is 13.3. The molecule has 0 saturated carbocycles. The summed E-state index contributed by atoms with van der Waals surface area (Å²) in [5.41, 5.74) is 1.22. The molecular formula is C21H20BrNO5. The van der Waals surface area contributed by atoms with E-state index in [4.69, 9.17) is 9.47 Å². The van der Waals surface area contributed by atoms with Crippen LogP contribution in [-0.2, 0) is 14.3 Å². The van der Waals surface area contributed by atoms with Crippen molar-refractivity contribution in [2.75, 3.05) is 27.4 Å². The highest BCUT2D eigenvalue weighted by Gasteiger charge is 2.45. The molecule has 3 rings (SSSR count). The van der Waals surface area contributed by atoms with Crippen LogP contribution >= 0.6 is 15.9 Å². The Hall–Kier alpha value is -2.64. The molecule has 1 aliphatic heterocycles. The van der Waals surface area contributed by atoms with Gasteiger partial charge in [-0.25, -0.2) is 0 Å². The molecule has 2 aromatic rings. The number of methoxy groups -OCH3 is 2. The number of hydrogen-bond acceptors (Lipinski definition) is 5. The number of ketones is 1. The molecule has 1 saturated heterocycles. The fraction of sp³-hybridized carbons (Fsp3) is 0.238. The molecule has 0 aliphatic carbocycles. The number of halogens is 1. The van der Waals surface area contributed by atoms with Crippen LogP contribution in [0.2, 0.25) is 0 Å². The number of aliphatic hydroxyl groups is 1. The normalized spacial score (nSPS) is 18.5. The number of hydrogen-bond donors (Lipinski definition) is 1. The topological polar surface area (TPSA) is 76.1 Å². The lowest BCUT2D eigenvalue weighted by atomic mass is 9.95. The van der Waals surface area contributed by atoms with Gasteiger partial charge in [0, 0.05) is 23.7 Å². The highest BCUT2D eigenvalue weighted by Crippen LogP contribution is 2.39. The average Bonchev–Trinajstić information content (AvgIpc) is 2.96. The van der Waals surface area contributed by atoms with Crippen molar-refractivity contribution in [2.24, 2.45) is 0 Å². The zero-order chi connectivity index (χ0) is 20.3. The van der Waals surface area contributed by atoms with Crippen molar-refractivity contribution in [1.29, 1.82) is 0 Å². The average molecular weight is 446 g/mol. The SMILES string of the molecule is COCCN1C(=O)C(=O)C(=C(O)c2ccc(OC)cc2)[C@@H]1c1cccc(Br)c1. The lowest BCUT2D eigenvalue weighted by molar-refractivity contribution is -0.140. The van der Waals surface area contributed by atoms with Gasteiger partial charge in [0.25, 0.3) is 11.7 Å². The monoisotopic (exact) mass is 445 g/mol. The number of carbonyl (C=O) groups is 2. The van der Waals surface area contributed by atoms with Gasteiger partial charge in [-0.2, -0.15) is 0 Å². The third kappa shape index (κ3) is 3.81. The molecule has 1 amide bonds. The Bertz CT molecular complexity index is 923. The minimum Gasteiger partial charge on any atom is -0.507 e. The van der Waals surface area contributed by atoms with Crippen LogP contribution in [-0.4, -0.2) is 49.1 Å². The number of carbonyl (C=O) groups excluding carboxylic acids is 2. The van der Waals surface area contributed by atoms with E-state index in [1.54, 1.807) is 31.4 Å². The number of ether oxygens (including phenoxy) is 2. The molecule has 0 radical (unpaired) electrons. The Balaban J connectivity index is 2.14. The van der Waals surface area contributed by atoms with Crippen molar-refractivity contribution in [2.45, 2.75) is 6.04 Å². The largest absolute Gasteiger partial charge is 0.507 e. The van der Waals surface area contributed by atoms with E-state index in [2.05, 4.69) is 15.9 Å². The number of rotatable bonds is 6. The fourth-order valence-corrected chi connectivity index (χ4v) is 3.64. The molecule has 28 heavy (non-hydrogen) atoms. The molecular weight excluding hydrogens is 426 g/mol. The number of Topliss-reactive ketones (excluding diaryl/α,β-unsaturated/α-hetero) is 1. The van der Waals surface area contributed by atoms with Gasteiger partial charge in [-0.15, -0.1) is 0 Å². The predicted octanol–water partition coefficient (Wildman–Crippen LogP) is 3.53. The van der Waals surface area contributed by atoms with Crippen LogP contribution < -0.4 is 4.74 Å². The van der Waals surface area contributed by atoms with Crippen LogP contribution in [0.25, 0.3) is 5.76 Å². The molecule has 6 nitrogen and oxygen atoms in total. The molecule has 0 bridgehead atoms. The molecule has 1 atom stereocenters. The Morgan fingerprint density at radius 2 is 1.86 bits per heavy atom. The fourth-order valence-electron chi connectivity index (χ4n) is 3.23. The van der Waals surface area contributed by atoms with Crippen LogP contribution in [0.1, 0.15) is 17.2 Å². The first kappa shape index (κ1) is 20.1. The minimum atomic E-state index is -0.714. The van der Waals surface area contributed by atoms with Gasteiger partial charge >= 0.3 is 0 Å². The van der Waals surface area contributed by atoms with Gasteiger partial charge in [-0.3, -0.25) is 9.59 Å². The smallest absolute Gasteiger partial charge is 0.295 e. The third-order valence-corrected chi connectivity index (χ3v) is 5.10. The molecule has 1 N–H and O–H groups in total. The Kier molecular flexibility index (Phi) is 6.16. The lowest BCUT2D eigenvalue weighted by Crippen LogP contribution is -2.32. The van der Waals surface area contributed by atoms with Gasteiger partial charge in [-0.05, 0) is 42.0 Å². The first-order chi connectivity index (χ1) is 13.5. The summed E-state index contributed by atoms with van der Waals surface area (Å²) < 4.78 is 11.0. The summed E-state index contributed by atoms with van der Waals surface area (Å²) in [7, 11) is 3.07. The van der Waals surface area contributed by atoms with E-state index in [0.29, 0.717) is 11.3 Å². The molecule has 1 heterocycles. The summed E-state index contributed by atoms with van der Waals surface area (Å²) in [5.74, 6) is -0.960. The van der Waals surface area contributed by atoms with Crippen molar-refractivity contribution in [1.82, 2.24) is 4.90 Å². The molecule has 0 spiro atoms. The van der Waals surface area contributed by atoms with E-state index in [0.717, 1.165) is 10.0 Å². The summed E-state index contributed by atoms with van der Waals surface area (Å²) in [4.78, 5) is 26.9. The lowest BCUT2D eigenvalue weighted by Gasteiger charge is -2.25. The second-order valence-electron chi connectivity index (χ2n) is 6.27. The highest BCUT2D eigenvalue weighted by atomic mass is 79.9. The molecule has 146 valence electrons. The minimum absolute atomic E-state index is 0.0596. The molecule has 0 aromatic heterocycles. The van der Waals surface area contributed by atoms with Gasteiger partial charge < -0.3 is 19.5 Å². The summed E-state index contributed by atoms with van der Waals surface area (Å²) in [6.07, 6.45) is 0. The number of benzene rings is 2. The van der Waals surface area contributed by atoms with Crippen LogP contribution in [0.15, 0.2) is 58.6 Å². The van der Waals surface area contributed by atoms with Crippen LogP contribution in [0.4, 0.5) is 0 Å². The van der Waals surface area contributed by atoms with Gasteiger partial charge in [0.05, 0.1) is 25.3 Å². The van der Waals surface area contributed by atoms with Gasteiger partial charge in [0.2, 0.25) is 0 Å². The van der Waals surface area contributed by atoms with Gasteiger partial charge in [0.1, 0.15) is 11.5 Å². The quantitative estimate of drug-likeness (QED) is 0.418. The standard InChI is InChI=1S/C21H20BrNO5/c1-27-11-10-23-18(14-4-3-5-15(22)12-14)17(20(25)21(23)26)19(24)13-6-8-16(28-2)9-7-13/h3-9,12,18,24H,10-11H2,1-2H3/t18-/m0/s1. The van der Waals surface area contributed by atoms with Crippen LogP contribution in [0, 0.1) is 0 Å². The number of aliphatic hydroxyl groups excluding tert-OH is 1. The highest BCUT2D eigenvalue weighted by molar-refractivity contribution is 9.10. The van der Waals surface area contributed by atoms with Gasteiger partial charge in [0.15, 0.2) is 0 Å². The summed E-state index contributed by atoms with van der Waals surface area (Å²) in [5, 5.41) is 10.9. The Labute approximate surface area is 171 Å². The van der Waals surface area contributed by atoms with E-state index in [1.807, 2.05) is 24.3 Å². The zero-order valence-corrected chi connectivity index (χ0v) is 17.1. The van der Waals surface area contributed by atoms with Crippen LogP contribution in [0.3, 0.4) is 0 Å². The summed E-state index contributed by atoms with van der Waals surface area (Å²) in [6.45, 7) is 0.512. The maximum atomic E-state index is 12.8. The third-order valence-electron chi connectivity index (χ3n) is 4.60. The van der Waals surface area contributed by atoms with Crippen molar-refractivity contribution in [3.63, 3.8) is 0 Å². The Morgan fingerprint density at radius 3 is 2.46 bits per heavy atom. The second kappa shape index (κ2) is 8.58. The van der Waals surface area contributed by atoms with E-state index in [1.165, 1.54) is 12.0 Å². The zero-order valence-electron chi connectivity index (χ0n) is 15.5. The first-order valence-electron chi connectivity index (χ1n) is 8.65. The molecule has 7 heteroatoms. The molecule has 1 aliphatic rings. The molecule has 0 unspecified atom stereocenters. The van der Waals surface area contributed by atoms with Gasteiger partial charge in [-0.1, -0.05) is 28.1 Å². The molecule has 2 aromatic carbocycles. The van der Waals surface area contributed by atoms with Crippen molar-refractivity contribution in [3.8, 4) is 5.75 Å². The second-order valence-corrected chi connectivity index (χ2v) is 7.18. The van der Waals surface area contributed by atoms with E-state index >= 15 is 0 Å². The maximum Gasteiger partial charge on any atom is 0.295 e. The van der Waals surface area contributed by atoms with Crippen LogP contribution in [0.5, 0.6) is 5.75 Å². The van der Waals surface area contributed by atoms with Crippen molar-refractivity contribution in [3.05, 3.63) is 69.7 Å². The number of amides is 1. The van der Waals surface area contributed by atoms with E-state index < -0.39 is 17.7 Å². The first-order valence-corrected chi connectivity index (χ1v) is 9.44. The summed E-state index contributed by atoms with van der Waals surface area (Å²) >= 11 is 3.42. The van der Waals surface area contributed by atoms with E-state index in [9.17, 15) is 14.7 Å². The predicted molar refractivity (Wildman–Crippen MR) is 108 cm³/mol. The Morgan fingerprint density at radius 1 is 1.14 bits per heavy atom. The number of nitrogens with zero attached hydrogens (tertiary/aromatic N) is 1. The van der Waals surface area contributed by atoms with E-state index in [-0.39, 0.29) is 24.5 Å². The van der Waals surface area contributed by atoms with Crippen molar-refractivity contribution < 1.29 is 24.2 Å². The number of likely N-dealkylation sites (tertiary alicyclic amines) is 1.